The van der Waals surface area contributed by atoms with Gasteiger partial charge in [-0.25, -0.2) is 4.98 Å². The Bertz CT molecular complexity index is 1210. The van der Waals surface area contributed by atoms with Gasteiger partial charge in [0.1, 0.15) is 5.56 Å². The Morgan fingerprint density at radius 1 is 1.11 bits per heavy atom. The summed E-state index contributed by atoms with van der Waals surface area (Å²) in [6, 6.07) is 15.7. The summed E-state index contributed by atoms with van der Waals surface area (Å²) >= 11 is 5.88. The van der Waals surface area contributed by atoms with E-state index in [4.69, 9.17) is 11.6 Å². The predicted molar refractivity (Wildman–Crippen MR) is 106 cm³/mol. The molecule has 27 heavy (non-hydrogen) atoms. The van der Waals surface area contributed by atoms with Crippen molar-refractivity contribution < 1.29 is 4.79 Å². The minimum absolute atomic E-state index is 0.0396. The van der Waals surface area contributed by atoms with Crippen LogP contribution in [0.5, 0.6) is 0 Å². The molecule has 4 rings (SSSR count). The van der Waals surface area contributed by atoms with Gasteiger partial charge in [-0.3, -0.25) is 9.59 Å². The van der Waals surface area contributed by atoms with Crippen molar-refractivity contribution in [1.82, 2.24) is 14.5 Å². The van der Waals surface area contributed by atoms with Crippen molar-refractivity contribution in [1.29, 1.82) is 0 Å². The molecule has 2 aromatic carbocycles. The SMILES string of the molecule is Cn1cnc2ccc(NC(=O)c3ccc(-c4ccc(Cl)cc4)[nH]c3=O)cc21. The number of halogens is 1. The quantitative estimate of drug-likeness (QED) is 0.568. The maximum Gasteiger partial charge on any atom is 0.261 e. The van der Waals surface area contributed by atoms with Crippen LogP contribution in [0.3, 0.4) is 0 Å². The summed E-state index contributed by atoms with van der Waals surface area (Å²) < 4.78 is 1.86. The van der Waals surface area contributed by atoms with Gasteiger partial charge in [-0.1, -0.05) is 23.7 Å². The van der Waals surface area contributed by atoms with Crippen LogP contribution >= 0.6 is 11.6 Å². The van der Waals surface area contributed by atoms with Crippen molar-refractivity contribution in [2.75, 3.05) is 5.32 Å². The molecule has 0 fully saturated rings. The number of imidazole rings is 1. The first-order chi connectivity index (χ1) is 13.0. The number of fused-ring (bicyclic) bond motifs is 1. The normalized spacial score (nSPS) is 10.9. The fraction of sp³-hybridized carbons (Fsp3) is 0.0500. The van der Waals surface area contributed by atoms with E-state index < -0.39 is 11.5 Å². The molecule has 0 aliphatic rings. The van der Waals surface area contributed by atoms with Gasteiger partial charge in [0.15, 0.2) is 0 Å². The molecule has 2 aromatic heterocycles. The number of carbonyl (C=O) groups excluding carboxylic acids is 1. The number of carbonyl (C=O) groups is 1. The van der Waals surface area contributed by atoms with Gasteiger partial charge in [-0.2, -0.15) is 0 Å². The topological polar surface area (TPSA) is 79.8 Å². The van der Waals surface area contributed by atoms with E-state index in [1.54, 1.807) is 42.7 Å². The summed E-state index contributed by atoms with van der Waals surface area (Å²) in [6.45, 7) is 0. The summed E-state index contributed by atoms with van der Waals surface area (Å²) in [4.78, 5) is 31.9. The van der Waals surface area contributed by atoms with Crippen LogP contribution < -0.4 is 10.9 Å². The highest BCUT2D eigenvalue weighted by Gasteiger charge is 2.12. The largest absolute Gasteiger partial charge is 0.334 e. The lowest BCUT2D eigenvalue weighted by molar-refractivity contribution is 0.102. The average molecular weight is 379 g/mol. The molecular formula is C20H15ClN4O2. The molecule has 4 aromatic rings. The number of aromatic amines is 1. The highest BCUT2D eigenvalue weighted by atomic mass is 35.5. The predicted octanol–water partition coefficient (Wildman–Crippen LogP) is 3.83. The Morgan fingerprint density at radius 3 is 2.63 bits per heavy atom. The van der Waals surface area contributed by atoms with Crippen LogP contribution in [0.15, 0.2) is 65.7 Å². The zero-order chi connectivity index (χ0) is 19.0. The van der Waals surface area contributed by atoms with E-state index >= 15 is 0 Å². The molecule has 0 bridgehead atoms. The fourth-order valence-corrected chi connectivity index (χ4v) is 2.98. The van der Waals surface area contributed by atoms with E-state index in [0.29, 0.717) is 16.4 Å². The van der Waals surface area contributed by atoms with Crippen LogP contribution in [-0.4, -0.2) is 20.4 Å². The monoisotopic (exact) mass is 378 g/mol. The van der Waals surface area contributed by atoms with Crippen LogP contribution in [0.1, 0.15) is 10.4 Å². The third-order valence-corrected chi connectivity index (χ3v) is 4.54. The van der Waals surface area contributed by atoms with Crippen LogP contribution in [0, 0.1) is 0 Å². The Morgan fingerprint density at radius 2 is 1.89 bits per heavy atom. The fourth-order valence-electron chi connectivity index (χ4n) is 2.85. The number of benzene rings is 2. The van der Waals surface area contributed by atoms with E-state index in [-0.39, 0.29) is 5.56 Å². The van der Waals surface area contributed by atoms with Gasteiger partial charge >= 0.3 is 0 Å². The highest BCUT2D eigenvalue weighted by molar-refractivity contribution is 6.30. The minimum Gasteiger partial charge on any atom is -0.334 e. The van der Waals surface area contributed by atoms with Crippen molar-refractivity contribution in [2.45, 2.75) is 0 Å². The number of hydrogen-bond acceptors (Lipinski definition) is 3. The number of aryl methyl sites for hydroxylation is 1. The number of H-pyrrole nitrogens is 1. The molecule has 1 amide bonds. The second kappa shape index (κ2) is 6.74. The van der Waals surface area contributed by atoms with Crippen molar-refractivity contribution >= 4 is 34.2 Å². The van der Waals surface area contributed by atoms with Crippen LogP contribution in [0.25, 0.3) is 22.3 Å². The molecule has 134 valence electrons. The summed E-state index contributed by atoms with van der Waals surface area (Å²) in [5.41, 5.74) is 3.33. The highest BCUT2D eigenvalue weighted by Crippen LogP contribution is 2.20. The molecule has 2 N–H and O–H groups in total. The maximum atomic E-state index is 12.5. The number of nitrogens with one attached hydrogen (secondary N) is 2. The third-order valence-electron chi connectivity index (χ3n) is 4.29. The zero-order valence-corrected chi connectivity index (χ0v) is 15.1. The van der Waals surface area contributed by atoms with Gasteiger partial charge < -0.3 is 14.9 Å². The third kappa shape index (κ3) is 3.35. The van der Waals surface area contributed by atoms with E-state index in [1.165, 1.54) is 6.07 Å². The average Bonchev–Trinajstić information content (AvgIpc) is 3.03. The van der Waals surface area contributed by atoms with E-state index in [0.717, 1.165) is 16.6 Å². The van der Waals surface area contributed by atoms with Crippen LogP contribution in [0.2, 0.25) is 5.02 Å². The summed E-state index contributed by atoms with van der Waals surface area (Å²) in [5, 5.41) is 3.37. The first-order valence-electron chi connectivity index (χ1n) is 8.23. The smallest absolute Gasteiger partial charge is 0.261 e. The van der Waals surface area contributed by atoms with E-state index in [2.05, 4.69) is 15.3 Å². The lowest BCUT2D eigenvalue weighted by Gasteiger charge is -2.07. The van der Waals surface area contributed by atoms with E-state index in [1.807, 2.05) is 23.7 Å². The van der Waals surface area contributed by atoms with Crippen molar-refractivity contribution in [3.8, 4) is 11.3 Å². The number of hydrogen-bond donors (Lipinski definition) is 2. The minimum atomic E-state index is -0.472. The molecule has 0 aliphatic carbocycles. The lowest BCUT2D eigenvalue weighted by Crippen LogP contribution is -2.23. The Kier molecular flexibility index (Phi) is 4.25. The van der Waals surface area contributed by atoms with Gasteiger partial charge in [-0.15, -0.1) is 0 Å². The molecule has 0 aliphatic heterocycles. The maximum absolute atomic E-state index is 12.5. The van der Waals surface area contributed by atoms with Gasteiger partial charge in [-0.05, 0) is 48.0 Å². The van der Waals surface area contributed by atoms with E-state index in [9.17, 15) is 9.59 Å². The molecule has 0 spiro atoms. The number of nitrogens with zero attached hydrogens (tertiary/aromatic N) is 2. The molecule has 7 heteroatoms. The molecule has 0 saturated carbocycles. The van der Waals surface area contributed by atoms with Crippen LogP contribution in [-0.2, 0) is 7.05 Å². The number of pyridine rings is 1. The zero-order valence-electron chi connectivity index (χ0n) is 14.4. The van der Waals surface area contributed by atoms with Gasteiger partial charge in [0.05, 0.1) is 17.4 Å². The Labute approximate surface area is 159 Å². The molecule has 0 unspecified atom stereocenters. The second-order valence-electron chi connectivity index (χ2n) is 6.13. The Balaban J connectivity index is 1.60. The van der Waals surface area contributed by atoms with Gasteiger partial charge in [0, 0.05) is 23.5 Å². The second-order valence-corrected chi connectivity index (χ2v) is 6.57. The molecule has 0 saturated heterocycles. The number of amides is 1. The number of anilines is 1. The number of rotatable bonds is 3. The summed E-state index contributed by atoms with van der Waals surface area (Å²) in [6.07, 6.45) is 1.70. The van der Waals surface area contributed by atoms with Crippen LogP contribution in [0.4, 0.5) is 5.69 Å². The molecule has 2 heterocycles. The van der Waals surface area contributed by atoms with Gasteiger partial charge in [0.2, 0.25) is 0 Å². The van der Waals surface area contributed by atoms with Crippen molar-refractivity contribution in [3.63, 3.8) is 0 Å². The molecule has 6 nitrogen and oxygen atoms in total. The summed E-state index contributed by atoms with van der Waals surface area (Å²) in [7, 11) is 1.88. The molecule has 0 atom stereocenters. The lowest BCUT2D eigenvalue weighted by atomic mass is 10.1. The molecule has 0 radical (unpaired) electrons. The van der Waals surface area contributed by atoms with Gasteiger partial charge in [0.25, 0.3) is 11.5 Å². The summed E-state index contributed by atoms with van der Waals surface area (Å²) in [5.74, 6) is -0.472. The standard InChI is InChI=1S/C20H15ClN4O2/c1-25-11-22-17-8-6-14(10-18(17)25)23-19(26)15-7-9-16(24-20(15)27)12-2-4-13(21)5-3-12/h2-11H,1H3,(H,23,26)(H,24,27). The number of aromatic nitrogens is 3. The Hall–Kier alpha value is -3.38. The van der Waals surface area contributed by atoms with Crippen molar-refractivity contribution in [2.24, 2.45) is 7.05 Å². The molecular weight excluding hydrogens is 364 g/mol. The first kappa shape index (κ1) is 17.1. The first-order valence-corrected chi connectivity index (χ1v) is 8.61. The van der Waals surface area contributed by atoms with Crippen molar-refractivity contribution in [3.05, 3.63) is 81.9 Å².